The zero-order valence-electron chi connectivity index (χ0n) is 9.49. The van der Waals surface area contributed by atoms with Crippen LogP contribution in [0, 0.1) is 18.8 Å². The number of hydrogen-bond donors (Lipinski definition) is 2. The number of hydrogen-bond acceptors (Lipinski definition) is 4. The number of aromatic carboxylic acids is 1. The molecule has 0 radical (unpaired) electrons. The van der Waals surface area contributed by atoms with Gasteiger partial charge in [-0.2, -0.15) is 4.37 Å². The predicted molar refractivity (Wildman–Crippen MR) is 64.2 cm³/mol. The highest BCUT2D eigenvalue weighted by Gasteiger charge is 2.28. The lowest BCUT2D eigenvalue weighted by atomic mass is 10.1. The third kappa shape index (κ3) is 2.35. The van der Waals surface area contributed by atoms with Crippen LogP contribution in [0.2, 0.25) is 0 Å². The van der Waals surface area contributed by atoms with Crippen molar-refractivity contribution in [3.63, 3.8) is 0 Å². The van der Waals surface area contributed by atoms with Gasteiger partial charge in [-0.25, -0.2) is 4.79 Å². The van der Waals surface area contributed by atoms with E-state index in [1.54, 1.807) is 6.92 Å². The van der Waals surface area contributed by atoms with Gasteiger partial charge in [0, 0.05) is 6.54 Å². The fourth-order valence-corrected chi connectivity index (χ4v) is 2.62. The van der Waals surface area contributed by atoms with Crippen molar-refractivity contribution in [2.75, 3.05) is 11.9 Å². The van der Waals surface area contributed by atoms with E-state index < -0.39 is 5.97 Å². The molecule has 0 aliphatic heterocycles. The van der Waals surface area contributed by atoms with Crippen LogP contribution >= 0.6 is 11.5 Å². The van der Waals surface area contributed by atoms with E-state index in [-0.39, 0.29) is 0 Å². The molecule has 0 aromatic carbocycles. The third-order valence-corrected chi connectivity index (χ3v) is 3.98. The average molecular weight is 240 g/mol. The highest BCUT2D eigenvalue weighted by atomic mass is 32.1. The number of nitrogens with one attached hydrogen (secondary N) is 1. The minimum absolute atomic E-state index is 0.327. The summed E-state index contributed by atoms with van der Waals surface area (Å²) >= 11 is 1.24. The Balaban J connectivity index is 2.00. The largest absolute Gasteiger partial charge is 0.478 e. The molecule has 1 aromatic heterocycles. The fourth-order valence-electron chi connectivity index (χ4n) is 1.83. The number of aromatic nitrogens is 1. The van der Waals surface area contributed by atoms with Gasteiger partial charge in [-0.15, -0.1) is 0 Å². The lowest BCUT2D eigenvalue weighted by Crippen LogP contribution is -2.14. The number of aryl methyl sites for hydroxylation is 1. The van der Waals surface area contributed by atoms with Crippen molar-refractivity contribution in [3.05, 3.63) is 11.3 Å². The van der Waals surface area contributed by atoms with Crippen LogP contribution in [0.25, 0.3) is 0 Å². The van der Waals surface area contributed by atoms with E-state index in [1.807, 2.05) is 0 Å². The van der Waals surface area contributed by atoms with E-state index in [0.29, 0.717) is 22.2 Å². The summed E-state index contributed by atoms with van der Waals surface area (Å²) in [5.74, 6) is 0.548. The first-order valence-corrected chi connectivity index (χ1v) is 6.30. The van der Waals surface area contributed by atoms with Gasteiger partial charge in [0.2, 0.25) is 0 Å². The third-order valence-electron chi connectivity index (χ3n) is 3.09. The van der Waals surface area contributed by atoms with Crippen molar-refractivity contribution in [2.24, 2.45) is 11.8 Å². The van der Waals surface area contributed by atoms with E-state index in [0.717, 1.165) is 12.5 Å². The molecular formula is C11H16N2O2S. The molecule has 1 aliphatic rings. The van der Waals surface area contributed by atoms with Gasteiger partial charge in [0.25, 0.3) is 0 Å². The van der Waals surface area contributed by atoms with Crippen LogP contribution in [0.4, 0.5) is 5.00 Å². The Morgan fingerprint density at radius 2 is 2.38 bits per heavy atom. The zero-order valence-corrected chi connectivity index (χ0v) is 10.3. The number of anilines is 1. The average Bonchev–Trinajstić information content (AvgIpc) is 2.99. The molecule has 1 aromatic rings. The molecule has 4 nitrogen and oxygen atoms in total. The van der Waals surface area contributed by atoms with Crippen molar-refractivity contribution < 1.29 is 9.90 Å². The van der Waals surface area contributed by atoms with Crippen LogP contribution in [0.15, 0.2) is 0 Å². The smallest absolute Gasteiger partial charge is 0.340 e. The molecule has 88 valence electrons. The predicted octanol–water partition coefficient (Wildman–Crippen LogP) is 2.61. The Morgan fingerprint density at radius 1 is 1.69 bits per heavy atom. The van der Waals surface area contributed by atoms with E-state index in [9.17, 15) is 4.79 Å². The number of carboxylic acid groups (broad SMARTS) is 1. The van der Waals surface area contributed by atoms with Crippen molar-refractivity contribution in [1.29, 1.82) is 0 Å². The first-order chi connectivity index (χ1) is 7.59. The Labute approximate surface area is 98.9 Å². The van der Waals surface area contributed by atoms with Crippen LogP contribution in [-0.4, -0.2) is 22.0 Å². The van der Waals surface area contributed by atoms with E-state index >= 15 is 0 Å². The topological polar surface area (TPSA) is 62.2 Å². The molecule has 0 spiro atoms. The first-order valence-electron chi connectivity index (χ1n) is 5.53. The summed E-state index contributed by atoms with van der Waals surface area (Å²) in [6.07, 6.45) is 2.63. The van der Waals surface area contributed by atoms with Crippen LogP contribution in [0.5, 0.6) is 0 Å². The number of nitrogens with zero attached hydrogens (tertiary/aromatic N) is 1. The number of carboxylic acids is 1. The lowest BCUT2D eigenvalue weighted by molar-refractivity contribution is 0.0697. The van der Waals surface area contributed by atoms with Crippen LogP contribution in [0.1, 0.15) is 35.8 Å². The maximum absolute atomic E-state index is 11.0. The molecule has 0 amide bonds. The minimum atomic E-state index is -0.896. The molecular weight excluding hydrogens is 224 g/mol. The normalized spacial score (nSPS) is 17.1. The van der Waals surface area contributed by atoms with E-state index in [1.165, 1.54) is 24.4 Å². The molecule has 1 heterocycles. The van der Waals surface area contributed by atoms with Crippen LogP contribution in [0.3, 0.4) is 0 Å². The van der Waals surface area contributed by atoms with Crippen molar-refractivity contribution in [1.82, 2.24) is 4.37 Å². The second kappa shape index (κ2) is 4.41. The van der Waals surface area contributed by atoms with Gasteiger partial charge < -0.3 is 10.4 Å². The van der Waals surface area contributed by atoms with Gasteiger partial charge >= 0.3 is 5.97 Å². The maximum atomic E-state index is 11.0. The molecule has 0 saturated heterocycles. The highest BCUT2D eigenvalue weighted by molar-refractivity contribution is 7.10. The summed E-state index contributed by atoms with van der Waals surface area (Å²) in [5.41, 5.74) is 0.923. The summed E-state index contributed by atoms with van der Waals surface area (Å²) in [5, 5.41) is 13.0. The SMILES string of the molecule is Cc1nsc(NCC(C)C2CC2)c1C(=O)O. The molecule has 1 saturated carbocycles. The number of rotatable bonds is 5. The number of carbonyl (C=O) groups is 1. The standard InChI is InChI=1S/C11H16N2O2S/c1-6(8-3-4-8)5-12-10-9(11(14)15)7(2)13-16-10/h6,8,12H,3-5H2,1-2H3,(H,14,15). The second-order valence-corrected chi connectivity index (χ2v) is 5.25. The van der Waals surface area contributed by atoms with Gasteiger partial charge in [-0.1, -0.05) is 6.92 Å². The van der Waals surface area contributed by atoms with Crippen LogP contribution in [-0.2, 0) is 0 Å². The molecule has 5 heteroatoms. The Morgan fingerprint density at radius 3 is 2.94 bits per heavy atom. The molecule has 16 heavy (non-hydrogen) atoms. The fraction of sp³-hybridized carbons (Fsp3) is 0.636. The molecule has 2 rings (SSSR count). The van der Waals surface area contributed by atoms with Gasteiger partial charge in [-0.05, 0) is 43.1 Å². The quantitative estimate of drug-likeness (QED) is 0.830. The van der Waals surface area contributed by atoms with E-state index in [4.69, 9.17) is 5.11 Å². The Hall–Kier alpha value is -1.10. The lowest BCUT2D eigenvalue weighted by Gasteiger charge is -2.11. The molecule has 1 unspecified atom stereocenters. The first kappa shape index (κ1) is 11.4. The maximum Gasteiger partial charge on any atom is 0.340 e. The van der Waals surface area contributed by atoms with Gasteiger partial charge in [-0.3, -0.25) is 0 Å². The summed E-state index contributed by atoms with van der Waals surface area (Å²) in [6, 6.07) is 0. The molecule has 0 bridgehead atoms. The second-order valence-electron chi connectivity index (χ2n) is 4.47. The van der Waals surface area contributed by atoms with Gasteiger partial charge in [0.05, 0.1) is 5.69 Å². The minimum Gasteiger partial charge on any atom is -0.478 e. The monoisotopic (exact) mass is 240 g/mol. The Bertz CT molecular complexity index is 399. The van der Waals surface area contributed by atoms with Gasteiger partial charge in [0.1, 0.15) is 10.6 Å². The Kier molecular flexibility index (Phi) is 3.14. The molecule has 1 atom stereocenters. The summed E-state index contributed by atoms with van der Waals surface area (Å²) in [4.78, 5) is 11.0. The molecule has 1 aliphatic carbocycles. The zero-order chi connectivity index (χ0) is 11.7. The molecule has 2 N–H and O–H groups in total. The van der Waals surface area contributed by atoms with Crippen LogP contribution < -0.4 is 5.32 Å². The van der Waals surface area contributed by atoms with Crippen molar-refractivity contribution in [2.45, 2.75) is 26.7 Å². The van der Waals surface area contributed by atoms with Crippen molar-refractivity contribution >= 4 is 22.5 Å². The summed E-state index contributed by atoms with van der Waals surface area (Å²) in [6.45, 7) is 4.78. The van der Waals surface area contributed by atoms with Gasteiger partial charge in [0.15, 0.2) is 0 Å². The van der Waals surface area contributed by atoms with E-state index in [2.05, 4.69) is 16.6 Å². The summed E-state index contributed by atoms with van der Waals surface area (Å²) in [7, 11) is 0. The van der Waals surface area contributed by atoms with Crippen molar-refractivity contribution in [3.8, 4) is 0 Å². The summed E-state index contributed by atoms with van der Waals surface area (Å²) < 4.78 is 4.07. The molecule has 1 fully saturated rings. The highest BCUT2D eigenvalue weighted by Crippen LogP contribution is 2.37.